The van der Waals surface area contributed by atoms with Gasteiger partial charge in [0.05, 0.1) is 11.4 Å². The molecule has 5 aromatic rings. The van der Waals surface area contributed by atoms with Crippen LogP contribution in [0, 0.1) is 6.92 Å². The third-order valence-electron chi connectivity index (χ3n) is 7.89. The normalized spacial score (nSPS) is 13.6. The maximum Gasteiger partial charge on any atom is 0.336 e. The van der Waals surface area contributed by atoms with Gasteiger partial charge in [0.15, 0.2) is 0 Å². The van der Waals surface area contributed by atoms with Crippen LogP contribution in [0.5, 0.6) is 0 Å². The summed E-state index contributed by atoms with van der Waals surface area (Å²) in [5.74, 6) is 0. The topological polar surface area (TPSA) is 39.9 Å². The predicted molar refractivity (Wildman–Crippen MR) is 170 cm³/mol. The number of hydrogen-bond donors (Lipinski definition) is 0. The van der Waals surface area contributed by atoms with E-state index in [2.05, 4.69) is 125 Å². The molecule has 0 saturated carbocycles. The minimum Gasteiger partial charge on any atom is -0.423 e. The molecular formula is C36H35N3O2. The Morgan fingerprint density at radius 1 is 0.756 bits per heavy atom. The van der Waals surface area contributed by atoms with Gasteiger partial charge in [0.2, 0.25) is 0 Å². The van der Waals surface area contributed by atoms with Crippen LogP contribution in [0.15, 0.2) is 124 Å². The molecule has 1 aliphatic rings. The van der Waals surface area contributed by atoms with Gasteiger partial charge < -0.3 is 19.1 Å². The lowest BCUT2D eigenvalue weighted by Gasteiger charge is -2.42. The fraction of sp³-hybridized carbons (Fsp3) is 0.194. The van der Waals surface area contributed by atoms with E-state index in [1.165, 1.54) is 28.2 Å². The van der Waals surface area contributed by atoms with Crippen molar-refractivity contribution in [2.75, 3.05) is 42.5 Å². The van der Waals surface area contributed by atoms with E-state index in [1.807, 2.05) is 13.0 Å². The first-order valence-electron chi connectivity index (χ1n) is 14.3. The SMILES string of the molecule is CCN(CCN1CCN(c2ccccc2)C(c2ccccc2)=C1c1ccccc1)c1ccc2c(C)cc(=O)oc2c1. The number of aryl methyl sites for hydroxylation is 1. The summed E-state index contributed by atoms with van der Waals surface area (Å²) < 4.78 is 5.56. The van der Waals surface area contributed by atoms with Gasteiger partial charge in [-0.15, -0.1) is 0 Å². The summed E-state index contributed by atoms with van der Waals surface area (Å²) in [5.41, 5.74) is 8.39. The average Bonchev–Trinajstić information content (AvgIpc) is 3.02. The van der Waals surface area contributed by atoms with E-state index in [4.69, 9.17) is 4.42 Å². The maximum atomic E-state index is 12.0. The lowest BCUT2D eigenvalue weighted by atomic mass is 9.99. The van der Waals surface area contributed by atoms with E-state index < -0.39 is 0 Å². The van der Waals surface area contributed by atoms with Gasteiger partial charge in [-0.2, -0.15) is 0 Å². The molecule has 0 bridgehead atoms. The van der Waals surface area contributed by atoms with Crippen LogP contribution in [0.25, 0.3) is 22.4 Å². The molecule has 5 heteroatoms. The Bertz CT molecular complexity index is 1710. The van der Waals surface area contributed by atoms with Gasteiger partial charge >= 0.3 is 5.63 Å². The molecule has 5 nitrogen and oxygen atoms in total. The number of rotatable bonds is 8. The van der Waals surface area contributed by atoms with Crippen LogP contribution in [0.2, 0.25) is 0 Å². The highest BCUT2D eigenvalue weighted by molar-refractivity contribution is 5.97. The molecule has 0 atom stereocenters. The first-order chi connectivity index (χ1) is 20.1. The maximum absolute atomic E-state index is 12.0. The minimum absolute atomic E-state index is 0.308. The highest BCUT2D eigenvalue weighted by atomic mass is 16.4. The lowest BCUT2D eigenvalue weighted by molar-refractivity contribution is 0.400. The van der Waals surface area contributed by atoms with E-state index in [9.17, 15) is 4.79 Å². The van der Waals surface area contributed by atoms with Gasteiger partial charge in [-0.25, -0.2) is 4.79 Å². The second kappa shape index (κ2) is 11.8. The summed E-state index contributed by atoms with van der Waals surface area (Å²) in [7, 11) is 0. The van der Waals surface area contributed by atoms with E-state index in [1.54, 1.807) is 6.07 Å². The van der Waals surface area contributed by atoms with Crippen molar-refractivity contribution in [3.8, 4) is 0 Å². The summed E-state index contributed by atoms with van der Waals surface area (Å²) in [5, 5.41) is 0.975. The van der Waals surface area contributed by atoms with Crippen molar-refractivity contribution in [1.82, 2.24) is 4.90 Å². The summed E-state index contributed by atoms with van der Waals surface area (Å²) in [6, 6.07) is 39.9. The Balaban J connectivity index is 1.39. The summed E-state index contributed by atoms with van der Waals surface area (Å²) >= 11 is 0. The summed E-state index contributed by atoms with van der Waals surface area (Å²) in [6.45, 7) is 8.45. The second-order valence-corrected chi connectivity index (χ2v) is 10.4. The Morgan fingerprint density at radius 2 is 1.39 bits per heavy atom. The Hall–Kier alpha value is -4.77. The average molecular weight is 542 g/mol. The van der Waals surface area contributed by atoms with Gasteiger partial charge in [-0.05, 0) is 49.2 Å². The summed E-state index contributed by atoms with van der Waals surface area (Å²) in [6.07, 6.45) is 0. The molecular weight excluding hydrogens is 506 g/mol. The molecule has 1 aliphatic heterocycles. The Kier molecular flexibility index (Phi) is 7.59. The molecule has 4 aromatic carbocycles. The standard InChI is InChI=1S/C36H35N3O2/c1-3-37(31-19-20-32-27(2)25-34(40)41-33(32)26-31)21-22-38-23-24-39(30-17-11-6-12-18-30)36(29-15-9-5-10-16-29)35(38)28-13-7-4-8-14-28/h4-20,25-26H,3,21-24H2,1-2H3. The number of likely N-dealkylation sites (N-methyl/N-ethyl adjacent to an activating group) is 1. The van der Waals surface area contributed by atoms with Crippen molar-refractivity contribution in [3.05, 3.63) is 142 Å². The molecule has 2 heterocycles. The molecule has 1 aromatic heterocycles. The predicted octanol–water partition coefficient (Wildman–Crippen LogP) is 7.28. The monoisotopic (exact) mass is 541 g/mol. The van der Waals surface area contributed by atoms with Crippen molar-refractivity contribution < 1.29 is 4.42 Å². The van der Waals surface area contributed by atoms with E-state index in [-0.39, 0.29) is 5.63 Å². The Morgan fingerprint density at radius 3 is 2.05 bits per heavy atom. The first-order valence-corrected chi connectivity index (χ1v) is 14.3. The zero-order valence-electron chi connectivity index (χ0n) is 23.7. The molecule has 0 spiro atoms. The lowest BCUT2D eigenvalue weighted by Crippen LogP contribution is -2.43. The van der Waals surface area contributed by atoms with Crippen LogP contribution in [0.4, 0.5) is 11.4 Å². The molecule has 0 N–H and O–H groups in total. The minimum atomic E-state index is -0.308. The molecule has 206 valence electrons. The van der Waals surface area contributed by atoms with Gasteiger partial charge in [-0.1, -0.05) is 78.9 Å². The number of hydrogen-bond acceptors (Lipinski definition) is 5. The molecule has 0 aliphatic carbocycles. The van der Waals surface area contributed by atoms with Crippen LogP contribution < -0.4 is 15.4 Å². The van der Waals surface area contributed by atoms with Crippen molar-refractivity contribution in [3.63, 3.8) is 0 Å². The first kappa shape index (κ1) is 26.5. The molecule has 6 rings (SSSR count). The van der Waals surface area contributed by atoms with Crippen LogP contribution in [0.1, 0.15) is 23.6 Å². The van der Waals surface area contributed by atoms with Crippen LogP contribution in [-0.2, 0) is 0 Å². The number of fused-ring (bicyclic) bond motifs is 1. The van der Waals surface area contributed by atoms with Crippen molar-refractivity contribution >= 4 is 33.7 Å². The largest absolute Gasteiger partial charge is 0.423 e. The fourth-order valence-electron chi connectivity index (χ4n) is 5.84. The number of para-hydroxylation sites is 1. The number of nitrogens with zero attached hydrogens (tertiary/aromatic N) is 3. The van der Waals surface area contributed by atoms with Crippen molar-refractivity contribution in [1.29, 1.82) is 0 Å². The number of benzene rings is 4. The van der Waals surface area contributed by atoms with Gasteiger partial charge in [0.25, 0.3) is 0 Å². The quantitative estimate of drug-likeness (QED) is 0.193. The van der Waals surface area contributed by atoms with Crippen molar-refractivity contribution in [2.24, 2.45) is 0 Å². The van der Waals surface area contributed by atoms with E-state index in [0.29, 0.717) is 5.58 Å². The molecule has 41 heavy (non-hydrogen) atoms. The van der Waals surface area contributed by atoms with Crippen LogP contribution >= 0.6 is 0 Å². The molecule has 0 amide bonds. The highest BCUT2D eigenvalue weighted by Crippen LogP contribution is 2.38. The second-order valence-electron chi connectivity index (χ2n) is 10.4. The molecule has 0 fully saturated rings. The number of anilines is 2. The smallest absolute Gasteiger partial charge is 0.336 e. The highest BCUT2D eigenvalue weighted by Gasteiger charge is 2.29. The van der Waals surface area contributed by atoms with E-state index in [0.717, 1.165) is 49.4 Å². The Labute approximate surface area is 241 Å². The molecule has 0 unspecified atom stereocenters. The molecule has 0 saturated heterocycles. The fourth-order valence-corrected chi connectivity index (χ4v) is 5.84. The summed E-state index contributed by atoms with van der Waals surface area (Å²) in [4.78, 5) is 19.4. The molecule has 0 radical (unpaired) electrons. The van der Waals surface area contributed by atoms with E-state index >= 15 is 0 Å². The van der Waals surface area contributed by atoms with Gasteiger partial charge in [0, 0.05) is 67.2 Å². The van der Waals surface area contributed by atoms with Crippen LogP contribution in [-0.4, -0.2) is 37.6 Å². The zero-order valence-corrected chi connectivity index (χ0v) is 23.7. The third-order valence-corrected chi connectivity index (χ3v) is 7.89. The van der Waals surface area contributed by atoms with Crippen molar-refractivity contribution in [2.45, 2.75) is 13.8 Å². The third kappa shape index (κ3) is 5.48. The van der Waals surface area contributed by atoms with Gasteiger partial charge in [-0.3, -0.25) is 0 Å². The van der Waals surface area contributed by atoms with Gasteiger partial charge in [0.1, 0.15) is 5.58 Å². The zero-order chi connectivity index (χ0) is 28.2. The van der Waals surface area contributed by atoms with Crippen LogP contribution in [0.3, 0.4) is 0 Å².